The van der Waals surface area contributed by atoms with Crippen LogP contribution in [-0.4, -0.2) is 9.13 Å². The topological polar surface area (TPSA) is 44.0 Å². The highest BCUT2D eigenvalue weighted by molar-refractivity contribution is 7.17. The van der Waals surface area contributed by atoms with Crippen LogP contribution in [0.5, 0.6) is 0 Å². The van der Waals surface area contributed by atoms with Gasteiger partial charge in [-0.15, -0.1) is 11.3 Å². The number of fused-ring (bicyclic) bond motifs is 1. The van der Waals surface area contributed by atoms with E-state index in [0.29, 0.717) is 15.8 Å². The maximum atomic E-state index is 13.3. The van der Waals surface area contributed by atoms with Crippen LogP contribution in [0.25, 0.3) is 15.9 Å². The van der Waals surface area contributed by atoms with Crippen molar-refractivity contribution in [2.24, 2.45) is 0 Å². The van der Waals surface area contributed by atoms with Gasteiger partial charge in [0.1, 0.15) is 16.3 Å². The van der Waals surface area contributed by atoms with Crippen LogP contribution in [0.15, 0.2) is 63.5 Å². The highest BCUT2D eigenvalue weighted by Crippen LogP contribution is 2.21. The number of nitrogens with zero attached hydrogens (tertiary/aromatic N) is 2. The second kappa shape index (κ2) is 6.75. The van der Waals surface area contributed by atoms with Crippen LogP contribution in [0, 0.1) is 11.6 Å². The molecule has 0 saturated carbocycles. The van der Waals surface area contributed by atoms with Gasteiger partial charge in [-0.2, -0.15) is 0 Å². The summed E-state index contributed by atoms with van der Waals surface area (Å²) in [4.78, 5) is 25.9. The van der Waals surface area contributed by atoms with E-state index in [1.165, 1.54) is 58.4 Å². The average Bonchev–Trinajstić information content (AvgIpc) is 3.12. The van der Waals surface area contributed by atoms with Gasteiger partial charge in [0.15, 0.2) is 0 Å². The van der Waals surface area contributed by atoms with E-state index in [4.69, 9.17) is 11.6 Å². The SMILES string of the molecule is O=c1c2sccc2n(Cc2ccc(F)cc2Cl)c(=O)n1-c1ccc(F)cc1. The molecule has 0 unspecified atom stereocenters. The van der Waals surface area contributed by atoms with Crippen molar-refractivity contribution in [1.82, 2.24) is 9.13 Å². The van der Waals surface area contributed by atoms with E-state index in [1.54, 1.807) is 11.4 Å². The fraction of sp³-hybridized carbons (Fsp3) is 0.0526. The van der Waals surface area contributed by atoms with Crippen molar-refractivity contribution in [3.05, 3.63) is 97.0 Å². The standard InChI is InChI=1S/C19H11ClF2N2O2S/c20-15-9-13(22)2-1-11(15)10-23-16-7-8-27-17(16)18(25)24(19(23)26)14-5-3-12(21)4-6-14/h1-9H,10H2. The monoisotopic (exact) mass is 404 g/mol. The molecule has 0 bridgehead atoms. The zero-order chi connectivity index (χ0) is 19.1. The van der Waals surface area contributed by atoms with Crippen molar-refractivity contribution < 1.29 is 8.78 Å². The third kappa shape index (κ3) is 3.09. The van der Waals surface area contributed by atoms with Crippen molar-refractivity contribution >= 4 is 33.2 Å². The summed E-state index contributed by atoms with van der Waals surface area (Å²) in [6, 6.07) is 10.7. The first-order valence-electron chi connectivity index (χ1n) is 7.88. The fourth-order valence-electron chi connectivity index (χ4n) is 2.88. The Kier molecular flexibility index (Phi) is 4.41. The summed E-state index contributed by atoms with van der Waals surface area (Å²) in [5.41, 5.74) is 0.210. The molecule has 2 heterocycles. The van der Waals surface area contributed by atoms with Crippen LogP contribution in [0.4, 0.5) is 8.78 Å². The number of hydrogen-bond donors (Lipinski definition) is 0. The molecule has 4 rings (SSSR count). The molecule has 4 aromatic rings. The summed E-state index contributed by atoms with van der Waals surface area (Å²) in [6.07, 6.45) is 0. The minimum Gasteiger partial charge on any atom is -0.288 e. The number of halogens is 3. The van der Waals surface area contributed by atoms with E-state index >= 15 is 0 Å². The third-order valence-electron chi connectivity index (χ3n) is 4.18. The molecule has 2 aromatic heterocycles. The molecule has 0 N–H and O–H groups in total. The molecule has 0 atom stereocenters. The molecule has 0 aliphatic heterocycles. The highest BCUT2D eigenvalue weighted by atomic mass is 35.5. The summed E-state index contributed by atoms with van der Waals surface area (Å²) >= 11 is 7.31. The third-order valence-corrected chi connectivity index (χ3v) is 5.43. The van der Waals surface area contributed by atoms with Crippen molar-refractivity contribution in [1.29, 1.82) is 0 Å². The van der Waals surface area contributed by atoms with Gasteiger partial charge in [-0.3, -0.25) is 9.36 Å². The summed E-state index contributed by atoms with van der Waals surface area (Å²) in [5, 5.41) is 1.90. The quantitative estimate of drug-likeness (QED) is 0.514. The van der Waals surface area contributed by atoms with Gasteiger partial charge in [-0.1, -0.05) is 17.7 Å². The summed E-state index contributed by atoms with van der Waals surface area (Å²) in [5.74, 6) is -0.949. The highest BCUT2D eigenvalue weighted by Gasteiger charge is 2.17. The number of rotatable bonds is 3. The second-order valence-corrected chi connectivity index (χ2v) is 7.18. The van der Waals surface area contributed by atoms with E-state index in [2.05, 4.69) is 0 Å². The Morgan fingerprint density at radius 2 is 1.67 bits per heavy atom. The van der Waals surface area contributed by atoms with Crippen LogP contribution < -0.4 is 11.2 Å². The Balaban J connectivity index is 1.98. The smallest absolute Gasteiger partial charge is 0.288 e. The van der Waals surface area contributed by atoms with Gasteiger partial charge in [0.25, 0.3) is 5.56 Å². The molecule has 0 aliphatic carbocycles. The first-order valence-corrected chi connectivity index (χ1v) is 9.14. The molecular weight excluding hydrogens is 394 g/mol. The van der Waals surface area contributed by atoms with E-state index in [0.717, 1.165) is 4.57 Å². The molecule has 0 fully saturated rings. The number of thiophene rings is 1. The van der Waals surface area contributed by atoms with Gasteiger partial charge in [-0.05, 0) is 53.4 Å². The molecule has 0 saturated heterocycles. The normalized spacial score (nSPS) is 11.2. The zero-order valence-corrected chi connectivity index (χ0v) is 15.2. The first kappa shape index (κ1) is 17.6. The first-order chi connectivity index (χ1) is 13.0. The number of aromatic nitrogens is 2. The second-order valence-electron chi connectivity index (χ2n) is 5.86. The average molecular weight is 405 g/mol. The summed E-state index contributed by atoms with van der Waals surface area (Å²) in [7, 11) is 0. The minimum absolute atomic E-state index is 0.0622. The zero-order valence-electron chi connectivity index (χ0n) is 13.7. The summed E-state index contributed by atoms with van der Waals surface area (Å²) in [6.45, 7) is 0.0622. The Bertz CT molecular complexity index is 1280. The Labute approximate surface area is 160 Å². The van der Waals surface area contributed by atoms with Crippen molar-refractivity contribution in [3.63, 3.8) is 0 Å². The summed E-state index contributed by atoms with van der Waals surface area (Å²) < 4.78 is 29.3. The van der Waals surface area contributed by atoms with E-state index < -0.39 is 22.9 Å². The predicted molar refractivity (Wildman–Crippen MR) is 102 cm³/mol. The fourth-order valence-corrected chi connectivity index (χ4v) is 3.93. The minimum atomic E-state index is -0.585. The lowest BCUT2D eigenvalue weighted by molar-refractivity contribution is 0.624. The van der Waals surface area contributed by atoms with Crippen molar-refractivity contribution in [2.45, 2.75) is 6.54 Å². The van der Waals surface area contributed by atoms with E-state index in [9.17, 15) is 18.4 Å². The molecule has 0 spiro atoms. The van der Waals surface area contributed by atoms with E-state index in [1.807, 2.05) is 0 Å². The molecule has 0 radical (unpaired) electrons. The number of hydrogen-bond acceptors (Lipinski definition) is 3. The maximum absolute atomic E-state index is 13.3. The van der Waals surface area contributed by atoms with Gasteiger partial charge in [0.05, 0.1) is 17.7 Å². The Morgan fingerprint density at radius 1 is 0.963 bits per heavy atom. The lowest BCUT2D eigenvalue weighted by Gasteiger charge is -2.13. The predicted octanol–water partition coefficient (Wildman–Crippen LogP) is 4.19. The van der Waals surface area contributed by atoms with Crippen molar-refractivity contribution in [3.8, 4) is 5.69 Å². The number of benzene rings is 2. The molecule has 136 valence electrons. The van der Waals surface area contributed by atoms with Crippen LogP contribution in [0.3, 0.4) is 0 Å². The van der Waals surface area contributed by atoms with Gasteiger partial charge >= 0.3 is 5.69 Å². The van der Waals surface area contributed by atoms with Crippen LogP contribution in [0.1, 0.15) is 5.56 Å². The lowest BCUT2D eigenvalue weighted by Crippen LogP contribution is -2.38. The Morgan fingerprint density at radius 3 is 2.37 bits per heavy atom. The lowest BCUT2D eigenvalue weighted by atomic mass is 10.2. The van der Waals surface area contributed by atoms with Crippen LogP contribution in [0.2, 0.25) is 5.02 Å². The maximum Gasteiger partial charge on any atom is 0.336 e. The van der Waals surface area contributed by atoms with Crippen LogP contribution >= 0.6 is 22.9 Å². The van der Waals surface area contributed by atoms with Gasteiger partial charge < -0.3 is 0 Å². The molecule has 27 heavy (non-hydrogen) atoms. The molecule has 2 aromatic carbocycles. The molecule has 0 aliphatic rings. The molecule has 0 amide bonds. The van der Waals surface area contributed by atoms with Crippen molar-refractivity contribution in [2.75, 3.05) is 0 Å². The van der Waals surface area contributed by atoms with Gasteiger partial charge in [0.2, 0.25) is 0 Å². The molecule has 4 nitrogen and oxygen atoms in total. The van der Waals surface area contributed by atoms with Crippen LogP contribution in [-0.2, 0) is 6.54 Å². The molecule has 8 heteroatoms. The van der Waals surface area contributed by atoms with Gasteiger partial charge in [0, 0.05) is 5.02 Å². The Hall–Kier alpha value is -2.77. The van der Waals surface area contributed by atoms with E-state index in [-0.39, 0.29) is 17.3 Å². The van der Waals surface area contributed by atoms with Gasteiger partial charge in [-0.25, -0.2) is 18.1 Å². The molecular formula is C19H11ClF2N2O2S. The largest absolute Gasteiger partial charge is 0.336 e.